The number of nitrogens with zero attached hydrogens (tertiary/aromatic N) is 1. The van der Waals surface area contributed by atoms with Crippen LogP contribution in [0.15, 0.2) is 35.3 Å². The third-order valence-electron chi connectivity index (χ3n) is 12.9. The van der Waals surface area contributed by atoms with Crippen LogP contribution in [0.25, 0.3) is 0 Å². The zero-order valence-electron chi connectivity index (χ0n) is 48.2. The van der Waals surface area contributed by atoms with Crippen molar-refractivity contribution in [3.63, 3.8) is 0 Å². The lowest BCUT2D eigenvalue weighted by Gasteiger charge is -2.29. The van der Waals surface area contributed by atoms with Crippen molar-refractivity contribution in [2.24, 2.45) is 57.3 Å². The van der Waals surface area contributed by atoms with Gasteiger partial charge in [0.2, 0.25) is 53.2 Å². The molecular formula is C54H92N14O13. The lowest BCUT2D eigenvalue weighted by atomic mass is 9.96. The number of aliphatic carboxylic acids is 2. The van der Waals surface area contributed by atoms with Gasteiger partial charge in [0.05, 0.1) is 12.5 Å². The van der Waals surface area contributed by atoms with Crippen LogP contribution in [0, 0.1) is 23.7 Å². The minimum Gasteiger partial charge on any atom is -0.481 e. The van der Waals surface area contributed by atoms with Gasteiger partial charge in [-0.2, -0.15) is 0 Å². The summed E-state index contributed by atoms with van der Waals surface area (Å²) < 4.78 is 0. The summed E-state index contributed by atoms with van der Waals surface area (Å²) >= 11 is 0. The Bertz CT molecular complexity index is 2260. The average molecular weight is 1150 g/mol. The van der Waals surface area contributed by atoms with E-state index in [1.807, 2.05) is 32.0 Å². The van der Waals surface area contributed by atoms with E-state index in [4.69, 9.17) is 28.7 Å². The van der Waals surface area contributed by atoms with E-state index in [2.05, 4.69) is 47.5 Å². The van der Waals surface area contributed by atoms with Crippen molar-refractivity contribution in [2.45, 2.75) is 193 Å². The van der Waals surface area contributed by atoms with Gasteiger partial charge >= 0.3 is 11.9 Å². The summed E-state index contributed by atoms with van der Waals surface area (Å²) in [5.41, 5.74) is 29.2. The molecule has 456 valence electrons. The molecule has 0 saturated heterocycles. The van der Waals surface area contributed by atoms with Gasteiger partial charge in [0.25, 0.3) is 0 Å². The van der Waals surface area contributed by atoms with Crippen molar-refractivity contribution < 1.29 is 63.0 Å². The first-order valence-corrected chi connectivity index (χ1v) is 27.7. The van der Waals surface area contributed by atoms with Crippen molar-refractivity contribution in [1.82, 2.24) is 42.5 Å². The Morgan fingerprint density at radius 1 is 0.519 bits per heavy atom. The van der Waals surface area contributed by atoms with Gasteiger partial charge in [-0.25, -0.2) is 4.79 Å². The van der Waals surface area contributed by atoms with Crippen LogP contribution in [0.4, 0.5) is 0 Å². The Morgan fingerprint density at radius 2 is 0.938 bits per heavy atom. The number of carboxylic acid groups (broad SMARTS) is 2. The van der Waals surface area contributed by atoms with Crippen LogP contribution >= 0.6 is 0 Å². The second kappa shape index (κ2) is 37.5. The van der Waals surface area contributed by atoms with Crippen molar-refractivity contribution >= 4 is 71.1 Å². The molecule has 0 aliphatic carbocycles. The highest BCUT2D eigenvalue weighted by Gasteiger charge is 2.37. The molecular weight excluding hydrogens is 1050 g/mol. The average Bonchev–Trinajstić information content (AvgIpc) is 3.37. The van der Waals surface area contributed by atoms with Crippen LogP contribution in [0.5, 0.6) is 0 Å². The van der Waals surface area contributed by atoms with Gasteiger partial charge in [0, 0.05) is 13.0 Å². The number of hydrogen-bond donors (Lipinski definition) is 15. The van der Waals surface area contributed by atoms with Gasteiger partial charge in [-0.3, -0.25) is 52.9 Å². The Balaban J connectivity index is 3.59. The van der Waals surface area contributed by atoms with E-state index in [-0.39, 0.29) is 81.7 Å². The standard InChI is InChI=1S/C54H92N14O13/c1-9-32(8)44(52(79)63-35(18-13-14-22-55)47(74)67-41(53(80)81)26-31(6)7)68-48(75)37(20-21-42(57)69)62-51(78)40(28-43(70)71)66-46(73)36(19-15-23-60-54(58)59)61-49(76)39(25-30(4)5)65-50(77)38(24-29(2)3)64-45(72)34(56)27-33-16-11-10-12-17-33/h10-12,16-17,29-32,34-41,44H,9,13-15,18-28,55-56H2,1-8H3,(H2,57,69)(H,61,76)(H,62,78)(H,63,79)(H,64,72)(H,65,77)(H,66,73)(H,67,74)(H,68,75)(H,70,71)(H,80,81)(H4,58,59,60)/t32-,34-,35-,36-,37-,38-,39-,40-,41-,44-/m0/s1. The van der Waals surface area contributed by atoms with Gasteiger partial charge in [-0.05, 0) is 100.0 Å². The van der Waals surface area contributed by atoms with Crippen LogP contribution in [0.2, 0.25) is 0 Å². The van der Waals surface area contributed by atoms with Crippen LogP contribution in [0.3, 0.4) is 0 Å². The maximum absolute atomic E-state index is 14.3. The summed E-state index contributed by atoms with van der Waals surface area (Å²) in [7, 11) is 0. The van der Waals surface area contributed by atoms with Crippen molar-refractivity contribution in [1.29, 1.82) is 0 Å². The summed E-state index contributed by atoms with van der Waals surface area (Å²) in [4.78, 5) is 152. The molecule has 10 atom stereocenters. The maximum atomic E-state index is 14.3. The zero-order valence-corrected chi connectivity index (χ0v) is 48.2. The van der Waals surface area contributed by atoms with Gasteiger partial charge < -0.3 is 81.4 Å². The smallest absolute Gasteiger partial charge is 0.326 e. The number of aliphatic imine (C=N–C) groups is 1. The summed E-state index contributed by atoms with van der Waals surface area (Å²) in [6, 6.07) is -3.47. The fourth-order valence-corrected chi connectivity index (χ4v) is 8.39. The molecule has 0 saturated carbocycles. The Morgan fingerprint density at radius 3 is 1.41 bits per heavy atom. The summed E-state index contributed by atoms with van der Waals surface area (Å²) in [5.74, 6) is -12.2. The molecule has 20 N–H and O–H groups in total. The van der Waals surface area contributed by atoms with E-state index in [0.29, 0.717) is 19.3 Å². The maximum Gasteiger partial charge on any atom is 0.326 e. The largest absolute Gasteiger partial charge is 0.481 e. The summed E-state index contributed by atoms with van der Waals surface area (Å²) in [6.07, 6.45) is -0.500. The monoisotopic (exact) mass is 1140 g/mol. The SMILES string of the molecule is CC[C@H](C)[C@H](NC(=O)[C@H](CCC(N)=O)NC(=O)[C@H](CC(=O)O)NC(=O)[C@H](CCCN=C(N)N)NC(=O)[C@H](CC(C)C)NC(=O)[C@H](CC(C)C)NC(=O)[C@@H](N)Cc1ccccc1)C(=O)N[C@@H](CCCCN)C(=O)N[C@@H](CC(C)C)C(=O)O. The Labute approximate surface area is 474 Å². The number of guanidine groups is 1. The molecule has 0 spiro atoms. The lowest BCUT2D eigenvalue weighted by molar-refractivity contribution is -0.143. The van der Waals surface area contributed by atoms with Crippen LogP contribution in [-0.2, 0) is 59.2 Å². The number of carboxylic acids is 2. The predicted molar refractivity (Wildman–Crippen MR) is 303 cm³/mol. The molecule has 27 nitrogen and oxygen atoms in total. The number of nitrogens with two attached hydrogens (primary N) is 5. The molecule has 0 aliphatic rings. The van der Waals surface area contributed by atoms with Crippen molar-refractivity contribution in [3.8, 4) is 0 Å². The van der Waals surface area contributed by atoms with Gasteiger partial charge in [-0.15, -0.1) is 0 Å². The molecule has 0 radical (unpaired) electrons. The van der Waals surface area contributed by atoms with Crippen LogP contribution < -0.4 is 71.2 Å². The molecule has 1 aromatic rings. The Kier molecular flexibility index (Phi) is 33.1. The molecule has 1 aromatic carbocycles. The number of hydrogen-bond acceptors (Lipinski definition) is 14. The summed E-state index contributed by atoms with van der Waals surface area (Å²) in [6.45, 7) is 14.4. The third kappa shape index (κ3) is 29.0. The van der Waals surface area contributed by atoms with E-state index < -0.39 is 145 Å². The van der Waals surface area contributed by atoms with Crippen LogP contribution in [-0.4, -0.2) is 149 Å². The predicted octanol–water partition coefficient (Wildman–Crippen LogP) is -1.37. The molecule has 9 amide bonds. The number of benzene rings is 1. The first kappa shape index (κ1) is 71.6. The van der Waals surface area contributed by atoms with Crippen LogP contribution in [0.1, 0.15) is 138 Å². The van der Waals surface area contributed by atoms with E-state index in [1.54, 1.807) is 53.7 Å². The fraction of sp³-hybridized carbons (Fsp3) is 0.667. The molecule has 0 unspecified atom stereocenters. The summed E-state index contributed by atoms with van der Waals surface area (Å²) in [5, 5.41) is 40.2. The fourth-order valence-electron chi connectivity index (χ4n) is 8.39. The number of amides is 9. The molecule has 1 rings (SSSR count). The minimum absolute atomic E-state index is 0.0336. The van der Waals surface area contributed by atoms with E-state index in [9.17, 15) is 63.0 Å². The topological polar surface area (TPSA) is 467 Å². The zero-order chi connectivity index (χ0) is 61.5. The number of nitrogens with one attached hydrogen (secondary N) is 8. The number of primary amides is 1. The third-order valence-corrected chi connectivity index (χ3v) is 12.9. The first-order chi connectivity index (χ1) is 38.0. The first-order valence-electron chi connectivity index (χ1n) is 27.7. The molecule has 27 heteroatoms. The molecule has 0 aliphatic heterocycles. The Hall–Kier alpha value is -7.42. The quantitative estimate of drug-likeness (QED) is 0.0205. The molecule has 0 fully saturated rings. The normalized spacial score (nSPS) is 14.9. The van der Waals surface area contributed by atoms with E-state index in [0.717, 1.165) is 5.56 Å². The highest BCUT2D eigenvalue weighted by molar-refractivity contribution is 5.99. The van der Waals surface area contributed by atoms with Gasteiger partial charge in [-0.1, -0.05) is 92.1 Å². The molecule has 0 heterocycles. The van der Waals surface area contributed by atoms with Crippen molar-refractivity contribution in [2.75, 3.05) is 13.1 Å². The second-order valence-electron chi connectivity index (χ2n) is 21.7. The highest BCUT2D eigenvalue weighted by Crippen LogP contribution is 2.15. The lowest BCUT2D eigenvalue weighted by Crippen LogP contribution is -2.61. The van der Waals surface area contributed by atoms with E-state index >= 15 is 0 Å². The number of rotatable bonds is 40. The molecule has 81 heavy (non-hydrogen) atoms. The molecule has 0 aromatic heterocycles. The number of carbonyl (C=O) groups is 11. The highest BCUT2D eigenvalue weighted by atomic mass is 16.4. The van der Waals surface area contributed by atoms with Crippen molar-refractivity contribution in [3.05, 3.63) is 35.9 Å². The van der Waals surface area contributed by atoms with Gasteiger partial charge in [0.1, 0.15) is 48.3 Å². The molecule has 0 bridgehead atoms. The number of unbranched alkanes of at least 4 members (excludes halogenated alkanes) is 1. The number of carbonyl (C=O) groups excluding carboxylic acids is 9. The van der Waals surface area contributed by atoms with E-state index in [1.165, 1.54) is 0 Å². The second-order valence-corrected chi connectivity index (χ2v) is 21.7. The minimum atomic E-state index is -1.94. The van der Waals surface area contributed by atoms with Gasteiger partial charge in [0.15, 0.2) is 5.96 Å².